The Bertz CT molecular complexity index is 1270. The van der Waals surface area contributed by atoms with Crippen LogP contribution in [0.15, 0.2) is 66.7 Å². The first-order valence-corrected chi connectivity index (χ1v) is 10.8. The minimum Gasteiger partial charge on any atom is -0.493 e. The lowest BCUT2D eigenvalue weighted by atomic mass is 9.79. The summed E-state index contributed by atoms with van der Waals surface area (Å²) in [6.45, 7) is 2.06. The van der Waals surface area contributed by atoms with Crippen molar-refractivity contribution >= 4 is 17.6 Å². The van der Waals surface area contributed by atoms with Gasteiger partial charge in [-0.15, -0.1) is 0 Å². The molecule has 0 unspecified atom stereocenters. The van der Waals surface area contributed by atoms with Crippen LogP contribution in [0.2, 0.25) is 0 Å². The van der Waals surface area contributed by atoms with Crippen molar-refractivity contribution in [1.82, 2.24) is 0 Å². The van der Waals surface area contributed by atoms with E-state index in [0.717, 1.165) is 17.0 Å². The third-order valence-electron chi connectivity index (χ3n) is 5.89. The molecule has 0 radical (unpaired) electrons. The first-order chi connectivity index (χ1) is 16.7. The molecule has 3 aromatic carbocycles. The van der Waals surface area contributed by atoms with Gasteiger partial charge in [-0.05, 0) is 54.4 Å². The molecule has 182 valence electrons. The highest BCUT2D eigenvalue weighted by Gasteiger charge is 2.45. The van der Waals surface area contributed by atoms with Crippen molar-refractivity contribution in [1.29, 1.82) is 0 Å². The summed E-state index contributed by atoms with van der Waals surface area (Å²) in [5.74, 6) is -2.35. The van der Waals surface area contributed by atoms with Crippen molar-refractivity contribution < 1.29 is 37.3 Å². The minimum atomic E-state index is -4.64. The maximum absolute atomic E-state index is 13.7. The molecule has 1 amide bonds. The van der Waals surface area contributed by atoms with E-state index < -0.39 is 35.6 Å². The van der Waals surface area contributed by atoms with Gasteiger partial charge in [0.15, 0.2) is 11.5 Å². The quantitative estimate of drug-likeness (QED) is 0.486. The van der Waals surface area contributed by atoms with Gasteiger partial charge in [0.25, 0.3) is 5.91 Å². The zero-order valence-electron chi connectivity index (χ0n) is 18.9. The SMILES string of the molecule is CCOc1cc([C@@H]2[C@H](C(=O)O)c3ccccc3C(=O)N2c2cccc(C(F)(F)F)c2)ccc1OC. The van der Waals surface area contributed by atoms with Crippen LogP contribution in [-0.4, -0.2) is 30.7 Å². The molecular weight excluding hydrogens is 463 g/mol. The number of carboxylic acid groups (broad SMARTS) is 1. The summed E-state index contributed by atoms with van der Waals surface area (Å²) in [5, 5.41) is 10.3. The number of carbonyl (C=O) groups excluding carboxylic acids is 1. The van der Waals surface area contributed by atoms with Crippen LogP contribution in [0.1, 0.15) is 45.9 Å². The highest BCUT2D eigenvalue weighted by atomic mass is 19.4. The zero-order valence-corrected chi connectivity index (χ0v) is 18.9. The molecule has 1 aliphatic rings. The molecule has 1 heterocycles. The maximum atomic E-state index is 13.7. The number of amides is 1. The molecule has 2 atom stereocenters. The molecule has 0 spiro atoms. The molecule has 1 N–H and O–H groups in total. The van der Waals surface area contributed by atoms with Gasteiger partial charge in [0, 0.05) is 11.3 Å². The molecule has 0 saturated carbocycles. The average Bonchev–Trinajstić information content (AvgIpc) is 2.83. The van der Waals surface area contributed by atoms with Crippen LogP contribution in [0.5, 0.6) is 11.5 Å². The molecule has 3 aromatic rings. The molecule has 0 aliphatic carbocycles. The number of alkyl halides is 3. The zero-order chi connectivity index (χ0) is 25.3. The number of ether oxygens (including phenoxy) is 2. The molecule has 9 heteroatoms. The highest BCUT2D eigenvalue weighted by molar-refractivity contribution is 6.11. The van der Waals surface area contributed by atoms with Crippen molar-refractivity contribution in [3.05, 3.63) is 89.0 Å². The van der Waals surface area contributed by atoms with E-state index in [1.807, 2.05) is 0 Å². The van der Waals surface area contributed by atoms with Crippen molar-refractivity contribution in [2.45, 2.75) is 25.1 Å². The monoisotopic (exact) mass is 485 g/mol. The second-order valence-electron chi connectivity index (χ2n) is 7.91. The Morgan fingerprint density at radius 2 is 1.77 bits per heavy atom. The lowest BCUT2D eigenvalue weighted by Gasteiger charge is -2.41. The maximum Gasteiger partial charge on any atom is 0.416 e. The summed E-state index contributed by atoms with van der Waals surface area (Å²) in [5.41, 5.74) is -0.234. The van der Waals surface area contributed by atoms with Gasteiger partial charge in [-0.25, -0.2) is 0 Å². The van der Waals surface area contributed by atoms with Crippen LogP contribution in [0.3, 0.4) is 0 Å². The van der Waals surface area contributed by atoms with Gasteiger partial charge < -0.3 is 14.6 Å². The summed E-state index contributed by atoms with van der Waals surface area (Å²) in [4.78, 5) is 27.3. The fourth-order valence-electron chi connectivity index (χ4n) is 4.40. The topological polar surface area (TPSA) is 76.1 Å². The third-order valence-corrected chi connectivity index (χ3v) is 5.89. The fourth-order valence-corrected chi connectivity index (χ4v) is 4.40. The number of methoxy groups -OCH3 is 1. The van der Waals surface area contributed by atoms with Gasteiger partial charge in [0.2, 0.25) is 0 Å². The number of anilines is 1. The van der Waals surface area contributed by atoms with Crippen LogP contribution >= 0.6 is 0 Å². The number of aliphatic carboxylic acids is 1. The van der Waals surface area contributed by atoms with Gasteiger partial charge in [-0.3, -0.25) is 14.5 Å². The Balaban J connectivity index is 1.98. The first kappa shape index (κ1) is 24.1. The Morgan fingerprint density at radius 3 is 2.43 bits per heavy atom. The van der Waals surface area contributed by atoms with Gasteiger partial charge in [0.1, 0.15) is 5.92 Å². The summed E-state index contributed by atoms with van der Waals surface area (Å²) in [6.07, 6.45) is -4.64. The number of rotatable bonds is 6. The number of carbonyl (C=O) groups is 2. The average molecular weight is 485 g/mol. The Morgan fingerprint density at radius 1 is 1.03 bits per heavy atom. The summed E-state index contributed by atoms with van der Waals surface area (Å²) in [7, 11) is 1.45. The highest BCUT2D eigenvalue weighted by Crippen LogP contribution is 2.47. The lowest BCUT2D eigenvalue weighted by molar-refractivity contribution is -0.140. The van der Waals surface area contributed by atoms with Crippen molar-refractivity contribution in [3.8, 4) is 11.5 Å². The van der Waals surface area contributed by atoms with Crippen LogP contribution in [0.25, 0.3) is 0 Å². The second kappa shape index (κ2) is 9.32. The number of benzene rings is 3. The van der Waals surface area contributed by atoms with E-state index >= 15 is 0 Å². The van der Waals surface area contributed by atoms with E-state index in [9.17, 15) is 27.9 Å². The second-order valence-corrected chi connectivity index (χ2v) is 7.91. The van der Waals surface area contributed by atoms with E-state index in [0.29, 0.717) is 23.7 Å². The molecule has 1 aliphatic heterocycles. The van der Waals surface area contributed by atoms with Gasteiger partial charge in [-0.1, -0.05) is 30.3 Å². The molecule has 0 bridgehead atoms. The van der Waals surface area contributed by atoms with Gasteiger partial charge in [-0.2, -0.15) is 13.2 Å². The van der Waals surface area contributed by atoms with Crippen molar-refractivity contribution in [2.75, 3.05) is 18.6 Å². The van der Waals surface area contributed by atoms with E-state index in [4.69, 9.17) is 9.47 Å². The van der Waals surface area contributed by atoms with Crippen LogP contribution in [0, 0.1) is 0 Å². The predicted octanol–water partition coefficient (Wildman–Crippen LogP) is 5.68. The molecule has 0 saturated heterocycles. The molecule has 0 aromatic heterocycles. The van der Waals surface area contributed by atoms with Crippen LogP contribution < -0.4 is 14.4 Å². The van der Waals surface area contributed by atoms with Crippen molar-refractivity contribution in [3.63, 3.8) is 0 Å². The fraction of sp³-hybridized carbons (Fsp3) is 0.231. The molecule has 4 rings (SSSR count). The summed E-state index contributed by atoms with van der Waals surface area (Å²) in [6, 6.07) is 14.1. The van der Waals surface area contributed by atoms with Crippen LogP contribution in [-0.2, 0) is 11.0 Å². The Labute approximate surface area is 199 Å². The number of hydrogen-bond acceptors (Lipinski definition) is 4. The number of hydrogen-bond donors (Lipinski definition) is 1. The number of nitrogens with zero attached hydrogens (tertiary/aromatic N) is 1. The smallest absolute Gasteiger partial charge is 0.416 e. The standard InChI is InChI=1S/C26H22F3NO5/c1-3-35-21-13-15(11-12-20(21)34-2)23-22(25(32)33)18-9-4-5-10-19(18)24(31)30(23)17-8-6-7-16(14-17)26(27,28)29/h4-14,22-23H,3H2,1-2H3,(H,32,33)/t22-,23-/m1/s1. The summed E-state index contributed by atoms with van der Waals surface area (Å²) >= 11 is 0. The Hall–Kier alpha value is -4.01. The molecular formula is C26H22F3NO5. The van der Waals surface area contributed by atoms with Crippen molar-refractivity contribution in [2.24, 2.45) is 0 Å². The van der Waals surface area contributed by atoms with E-state index in [1.54, 1.807) is 43.3 Å². The third kappa shape index (κ3) is 4.41. The molecule has 35 heavy (non-hydrogen) atoms. The summed E-state index contributed by atoms with van der Waals surface area (Å²) < 4.78 is 51.4. The predicted molar refractivity (Wildman–Crippen MR) is 122 cm³/mol. The first-order valence-electron chi connectivity index (χ1n) is 10.8. The van der Waals surface area contributed by atoms with Gasteiger partial charge >= 0.3 is 12.1 Å². The van der Waals surface area contributed by atoms with E-state index in [-0.39, 0.29) is 16.8 Å². The van der Waals surface area contributed by atoms with Gasteiger partial charge in [0.05, 0.1) is 25.3 Å². The largest absolute Gasteiger partial charge is 0.493 e. The van der Waals surface area contributed by atoms with E-state index in [1.165, 1.54) is 25.3 Å². The number of halogens is 3. The van der Waals surface area contributed by atoms with Crippen LogP contribution in [0.4, 0.5) is 18.9 Å². The number of fused-ring (bicyclic) bond motifs is 1. The Kier molecular flexibility index (Phi) is 6.43. The normalized spacial score (nSPS) is 17.6. The number of carboxylic acids is 1. The lowest BCUT2D eigenvalue weighted by Crippen LogP contribution is -2.45. The molecule has 6 nitrogen and oxygen atoms in total. The minimum absolute atomic E-state index is 0.0654. The van der Waals surface area contributed by atoms with E-state index in [2.05, 4.69) is 0 Å². The molecule has 0 fully saturated rings.